The summed E-state index contributed by atoms with van der Waals surface area (Å²) in [6.45, 7) is 4.18. The Bertz CT molecular complexity index is 740. The molecule has 0 aliphatic carbocycles. The first-order valence-corrected chi connectivity index (χ1v) is 9.49. The van der Waals surface area contributed by atoms with Crippen LogP contribution in [-0.2, 0) is 11.3 Å². The van der Waals surface area contributed by atoms with Crippen molar-refractivity contribution in [1.29, 1.82) is 0 Å². The first kappa shape index (κ1) is 19.0. The molecule has 1 saturated heterocycles. The first-order valence-electron chi connectivity index (χ1n) is 8.74. The van der Waals surface area contributed by atoms with E-state index in [0.717, 1.165) is 32.6 Å². The van der Waals surface area contributed by atoms with Crippen molar-refractivity contribution in [2.45, 2.75) is 13.0 Å². The molecular formula is C20H22Cl2N2O2. The van der Waals surface area contributed by atoms with Gasteiger partial charge in [-0.15, -0.1) is 0 Å². The highest BCUT2D eigenvalue weighted by Gasteiger charge is 2.20. The smallest absolute Gasteiger partial charge is 0.260 e. The third-order valence-corrected chi connectivity index (χ3v) is 4.98. The maximum atomic E-state index is 12.5. The molecule has 2 aromatic rings. The van der Waals surface area contributed by atoms with E-state index in [1.54, 1.807) is 18.2 Å². The van der Waals surface area contributed by atoms with Crippen LogP contribution in [-0.4, -0.2) is 48.5 Å². The summed E-state index contributed by atoms with van der Waals surface area (Å²) in [5.74, 6) is 0.413. The number of nitrogens with zero attached hydrogens (tertiary/aromatic N) is 2. The number of rotatable bonds is 5. The van der Waals surface area contributed by atoms with Gasteiger partial charge in [0.05, 0.1) is 5.02 Å². The van der Waals surface area contributed by atoms with Crippen LogP contribution >= 0.6 is 23.2 Å². The quantitative estimate of drug-likeness (QED) is 0.767. The Hall–Kier alpha value is -1.75. The predicted molar refractivity (Wildman–Crippen MR) is 105 cm³/mol. The fourth-order valence-electron chi connectivity index (χ4n) is 3.04. The minimum atomic E-state index is -0.0290. The molecule has 3 rings (SSSR count). The molecule has 0 bridgehead atoms. The summed E-state index contributed by atoms with van der Waals surface area (Å²) >= 11 is 12.0. The highest BCUT2D eigenvalue weighted by Crippen LogP contribution is 2.27. The van der Waals surface area contributed by atoms with E-state index in [1.807, 2.05) is 11.0 Å². The number of carbonyl (C=O) groups is 1. The van der Waals surface area contributed by atoms with Gasteiger partial charge in [-0.05, 0) is 24.1 Å². The summed E-state index contributed by atoms with van der Waals surface area (Å²) in [6.07, 6.45) is 0.955. The van der Waals surface area contributed by atoms with Crippen molar-refractivity contribution in [3.63, 3.8) is 0 Å². The Kier molecular flexibility index (Phi) is 6.78. The van der Waals surface area contributed by atoms with Crippen LogP contribution < -0.4 is 4.74 Å². The molecule has 4 nitrogen and oxygen atoms in total. The van der Waals surface area contributed by atoms with Gasteiger partial charge in [-0.25, -0.2) is 0 Å². The number of amides is 1. The number of benzene rings is 2. The fourth-order valence-corrected chi connectivity index (χ4v) is 3.37. The number of halogens is 2. The SMILES string of the molecule is O=C(COc1cc(Cl)ccc1Cl)N1CCCN(Cc2ccccc2)CC1. The van der Waals surface area contributed by atoms with Gasteiger partial charge in [0.2, 0.25) is 0 Å². The molecular weight excluding hydrogens is 371 g/mol. The molecule has 1 fully saturated rings. The van der Waals surface area contributed by atoms with E-state index in [0.29, 0.717) is 22.3 Å². The minimum absolute atomic E-state index is 0.0254. The number of hydrogen-bond donors (Lipinski definition) is 0. The molecule has 0 radical (unpaired) electrons. The van der Waals surface area contributed by atoms with Crippen LogP contribution in [0.4, 0.5) is 0 Å². The summed E-state index contributed by atoms with van der Waals surface area (Å²) in [6, 6.07) is 15.4. The molecule has 0 saturated carbocycles. The molecule has 0 unspecified atom stereocenters. The molecule has 138 valence electrons. The van der Waals surface area contributed by atoms with Gasteiger partial charge in [-0.1, -0.05) is 53.5 Å². The van der Waals surface area contributed by atoms with Crippen LogP contribution in [0.3, 0.4) is 0 Å². The standard InChI is InChI=1S/C20H22Cl2N2O2/c21-17-7-8-18(22)19(13-17)26-15-20(25)24-10-4-9-23(11-12-24)14-16-5-2-1-3-6-16/h1-3,5-8,13H,4,9-12,14-15H2. The Morgan fingerprint density at radius 1 is 1.00 bits per heavy atom. The summed E-state index contributed by atoms with van der Waals surface area (Å²) in [5.41, 5.74) is 1.30. The normalized spacial score (nSPS) is 15.5. The lowest BCUT2D eigenvalue weighted by Gasteiger charge is -2.22. The van der Waals surface area contributed by atoms with Crippen LogP contribution in [0.1, 0.15) is 12.0 Å². The van der Waals surface area contributed by atoms with E-state index in [1.165, 1.54) is 5.56 Å². The van der Waals surface area contributed by atoms with E-state index in [-0.39, 0.29) is 12.5 Å². The van der Waals surface area contributed by atoms with Gasteiger partial charge in [-0.2, -0.15) is 0 Å². The molecule has 6 heteroatoms. The van der Waals surface area contributed by atoms with Crippen molar-refractivity contribution in [3.05, 3.63) is 64.1 Å². The molecule has 0 spiro atoms. The number of ether oxygens (including phenoxy) is 1. The summed E-state index contributed by atoms with van der Waals surface area (Å²) in [7, 11) is 0. The van der Waals surface area contributed by atoms with Gasteiger partial charge >= 0.3 is 0 Å². The molecule has 0 aromatic heterocycles. The highest BCUT2D eigenvalue weighted by molar-refractivity contribution is 6.34. The van der Waals surface area contributed by atoms with E-state index in [4.69, 9.17) is 27.9 Å². The lowest BCUT2D eigenvalue weighted by Crippen LogP contribution is -2.38. The van der Waals surface area contributed by atoms with Crippen LogP contribution in [0.2, 0.25) is 10.0 Å². The summed E-state index contributed by atoms with van der Waals surface area (Å²) < 4.78 is 5.57. The van der Waals surface area contributed by atoms with Crippen molar-refractivity contribution in [3.8, 4) is 5.75 Å². The van der Waals surface area contributed by atoms with Gasteiger partial charge in [0.1, 0.15) is 5.75 Å². The zero-order valence-electron chi connectivity index (χ0n) is 14.5. The van der Waals surface area contributed by atoms with Crippen LogP contribution in [0, 0.1) is 0 Å². The van der Waals surface area contributed by atoms with Gasteiger partial charge in [0.15, 0.2) is 6.61 Å². The predicted octanol–water partition coefficient (Wildman–Crippen LogP) is 4.11. The van der Waals surface area contributed by atoms with Crippen molar-refractivity contribution in [2.75, 3.05) is 32.8 Å². The Morgan fingerprint density at radius 2 is 1.81 bits per heavy atom. The Balaban J connectivity index is 1.50. The third kappa shape index (κ3) is 5.37. The molecule has 26 heavy (non-hydrogen) atoms. The molecule has 2 aromatic carbocycles. The molecule has 1 amide bonds. The third-order valence-electron chi connectivity index (χ3n) is 4.43. The van der Waals surface area contributed by atoms with Crippen LogP contribution in [0.15, 0.2) is 48.5 Å². The molecule has 0 atom stereocenters. The van der Waals surface area contributed by atoms with Crippen molar-refractivity contribution >= 4 is 29.1 Å². The lowest BCUT2D eigenvalue weighted by molar-refractivity contribution is -0.133. The van der Waals surface area contributed by atoms with E-state index in [2.05, 4.69) is 29.2 Å². The first-order chi connectivity index (χ1) is 12.6. The largest absolute Gasteiger partial charge is 0.482 e. The maximum Gasteiger partial charge on any atom is 0.260 e. The highest BCUT2D eigenvalue weighted by atomic mass is 35.5. The average molecular weight is 393 g/mol. The summed E-state index contributed by atoms with van der Waals surface area (Å²) in [4.78, 5) is 16.7. The Morgan fingerprint density at radius 3 is 2.62 bits per heavy atom. The van der Waals surface area contributed by atoms with E-state index < -0.39 is 0 Å². The number of hydrogen-bond acceptors (Lipinski definition) is 3. The minimum Gasteiger partial charge on any atom is -0.482 e. The maximum absolute atomic E-state index is 12.5. The number of carbonyl (C=O) groups excluding carboxylic acids is 1. The molecule has 1 heterocycles. The molecule has 0 N–H and O–H groups in total. The second-order valence-electron chi connectivity index (χ2n) is 6.36. The molecule has 1 aliphatic rings. The van der Waals surface area contributed by atoms with Gasteiger partial charge in [0, 0.05) is 43.8 Å². The zero-order valence-corrected chi connectivity index (χ0v) is 16.0. The lowest BCUT2D eigenvalue weighted by atomic mass is 10.2. The monoisotopic (exact) mass is 392 g/mol. The second-order valence-corrected chi connectivity index (χ2v) is 7.20. The van der Waals surface area contributed by atoms with Gasteiger partial charge in [0.25, 0.3) is 5.91 Å². The van der Waals surface area contributed by atoms with Crippen molar-refractivity contribution in [1.82, 2.24) is 9.80 Å². The van der Waals surface area contributed by atoms with Crippen LogP contribution in [0.5, 0.6) is 5.75 Å². The fraction of sp³-hybridized carbons (Fsp3) is 0.350. The van der Waals surface area contributed by atoms with E-state index >= 15 is 0 Å². The average Bonchev–Trinajstić information content (AvgIpc) is 2.89. The second kappa shape index (κ2) is 9.26. The summed E-state index contributed by atoms with van der Waals surface area (Å²) in [5, 5.41) is 0.982. The van der Waals surface area contributed by atoms with Gasteiger partial charge in [-0.3, -0.25) is 9.69 Å². The van der Waals surface area contributed by atoms with E-state index in [9.17, 15) is 4.79 Å². The van der Waals surface area contributed by atoms with Crippen molar-refractivity contribution in [2.24, 2.45) is 0 Å². The van der Waals surface area contributed by atoms with Crippen LogP contribution in [0.25, 0.3) is 0 Å². The topological polar surface area (TPSA) is 32.8 Å². The zero-order chi connectivity index (χ0) is 18.4. The molecule has 1 aliphatic heterocycles. The van der Waals surface area contributed by atoms with Gasteiger partial charge < -0.3 is 9.64 Å². The Labute approximate surface area is 164 Å². The van der Waals surface area contributed by atoms with Crippen molar-refractivity contribution < 1.29 is 9.53 Å².